The molecule has 94 valence electrons. The highest BCUT2D eigenvalue weighted by Crippen LogP contribution is 2.17. The first-order valence-corrected chi connectivity index (χ1v) is 5.81. The summed E-state index contributed by atoms with van der Waals surface area (Å²) in [6.45, 7) is 4.23. The van der Waals surface area contributed by atoms with Crippen LogP contribution in [0.2, 0.25) is 0 Å². The second kappa shape index (κ2) is 4.64. The van der Waals surface area contributed by atoms with Gasteiger partial charge >= 0.3 is 5.97 Å². The lowest BCUT2D eigenvalue weighted by Crippen LogP contribution is -2.11. The molecule has 0 radical (unpaired) electrons. The maximum atomic E-state index is 11.9. The van der Waals surface area contributed by atoms with Gasteiger partial charge in [-0.3, -0.25) is 9.59 Å². The van der Waals surface area contributed by atoms with E-state index in [0.29, 0.717) is 11.9 Å². The van der Waals surface area contributed by atoms with E-state index in [1.54, 1.807) is 6.20 Å². The van der Waals surface area contributed by atoms with Crippen molar-refractivity contribution in [2.75, 3.05) is 0 Å². The third-order valence-corrected chi connectivity index (χ3v) is 2.99. The van der Waals surface area contributed by atoms with Crippen molar-refractivity contribution >= 4 is 16.9 Å². The molecule has 4 nitrogen and oxygen atoms in total. The van der Waals surface area contributed by atoms with Crippen molar-refractivity contribution in [3.05, 3.63) is 45.7 Å². The molecule has 0 atom stereocenters. The molecule has 0 aliphatic heterocycles. The van der Waals surface area contributed by atoms with Gasteiger partial charge in [-0.15, -0.1) is 0 Å². The highest BCUT2D eigenvalue weighted by molar-refractivity contribution is 5.83. The van der Waals surface area contributed by atoms with Crippen molar-refractivity contribution in [1.82, 2.24) is 4.57 Å². The average Bonchev–Trinajstić information content (AvgIpc) is 2.26. The molecule has 0 saturated carbocycles. The zero-order valence-electron chi connectivity index (χ0n) is 10.4. The molecule has 1 heterocycles. The van der Waals surface area contributed by atoms with Crippen LogP contribution in [-0.4, -0.2) is 15.6 Å². The average molecular weight is 245 g/mol. The third-order valence-electron chi connectivity index (χ3n) is 2.99. The smallest absolute Gasteiger partial charge is 0.305 e. The van der Waals surface area contributed by atoms with Gasteiger partial charge in [-0.2, -0.15) is 0 Å². The first kappa shape index (κ1) is 12.4. The molecule has 0 saturated heterocycles. The summed E-state index contributed by atoms with van der Waals surface area (Å²) in [6, 6.07) is 5.38. The highest BCUT2D eigenvalue weighted by atomic mass is 16.4. The molecule has 0 amide bonds. The maximum absolute atomic E-state index is 11.9. The summed E-state index contributed by atoms with van der Waals surface area (Å²) in [5.41, 5.74) is 2.78. The summed E-state index contributed by atoms with van der Waals surface area (Å²) in [5.74, 6) is -0.841. The Morgan fingerprint density at radius 2 is 2.06 bits per heavy atom. The first-order valence-electron chi connectivity index (χ1n) is 5.81. The van der Waals surface area contributed by atoms with E-state index in [2.05, 4.69) is 0 Å². The largest absolute Gasteiger partial charge is 0.481 e. The summed E-state index contributed by atoms with van der Waals surface area (Å²) in [5, 5.41) is 9.41. The van der Waals surface area contributed by atoms with Gasteiger partial charge in [-0.1, -0.05) is 6.07 Å². The number of pyridine rings is 1. The predicted molar refractivity (Wildman–Crippen MR) is 69.9 cm³/mol. The van der Waals surface area contributed by atoms with Crippen molar-refractivity contribution in [1.29, 1.82) is 0 Å². The van der Waals surface area contributed by atoms with Gasteiger partial charge in [0, 0.05) is 24.2 Å². The predicted octanol–water partition coefficient (Wildman–Crippen LogP) is 2.09. The molecule has 1 N–H and O–H groups in total. The molecule has 0 fully saturated rings. The fourth-order valence-corrected chi connectivity index (χ4v) is 2.22. The summed E-state index contributed by atoms with van der Waals surface area (Å²) < 4.78 is 1.82. The Bertz CT molecular complexity index is 671. The van der Waals surface area contributed by atoms with Crippen LogP contribution in [0.1, 0.15) is 17.5 Å². The summed E-state index contributed by atoms with van der Waals surface area (Å²) in [4.78, 5) is 22.5. The van der Waals surface area contributed by atoms with Crippen molar-refractivity contribution in [2.24, 2.45) is 0 Å². The third kappa shape index (κ3) is 2.27. The van der Waals surface area contributed by atoms with E-state index in [-0.39, 0.29) is 11.8 Å². The second-order valence-corrected chi connectivity index (χ2v) is 4.49. The summed E-state index contributed by atoms with van der Waals surface area (Å²) >= 11 is 0. The van der Waals surface area contributed by atoms with Crippen LogP contribution in [0.5, 0.6) is 0 Å². The number of carbonyl (C=O) groups is 1. The number of carboxylic acids is 1. The molecular formula is C14H15NO3. The lowest BCUT2D eigenvalue weighted by molar-refractivity contribution is -0.137. The Morgan fingerprint density at radius 3 is 2.72 bits per heavy atom. The van der Waals surface area contributed by atoms with Crippen LogP contribution in [-0.2, 0) is 11.3 Å². The lowest BCUT2D eigenvalue weighted by atomic mass is 10.1. The lowest BCUT2D eigenvalue weighted by Gasteiger charge is -2.11. The Labute approximate surface area is 104 Å². The van der Waals surface area contributed by atoms with E-state index in [4.69, 9.17) is 5.11 Å². The topological polar surface area (TPSA) is 59.3 Å². The van der Waals surface area contributed by atoms with E-state index < -0.39 is 5.97 Å². The van der Waals surface area contributed by atoms with Crippen LogP contribution in [0.15, 0.2) is 29.2 Å². The quantitative estimate of drug-likeness (QED) is 0.900. The molecule has 0 spiro atoms. The van der Waals surface area contributed by atoms with Gasteiger partial charge < -0.3 is 9.67 Å². The number of carboxylic acid groups (broad SMARTS) is 1. The Balaban J connectivity index is 2.65. The van der Waals surface area contributed by atoms with Crippen LogP contribution < -0.4 is 5.43 Å². The molecule has 1 aromatic carbocycles. The monoisotopic (exact) mass is 245 g/mol. The van der Waals surface area contributed by atoms with Crippen molar-refractivity contribution in [2.45, 2.75) is 26.8 Å². The van der Waals surface area contributed by atoms with Crippen molar-refractivity contribution < 1.29 is 9.90 Å². The standard InChI is InChI=1S/C14H15NO3/c1-9-7-10(2)14-11(8-9)15(5-3-12(14)16)6-4-13(17)18/h3,5,7-8H,4,6H2,1-2H3,(H,17,18). The van der Waals surface area contributed by atoms with Gasteiger partial charge in [-0.05, 0) is 31.0 Å². The van der Waals surface area contributed by atoms with E-state index in [1.165, 1.54) is 6.07 Å². The van der Waals surface area contributed by atoms with E-state index in [0.717, 1.165) is 16.6 Å². The van der Waals surface area contributed by atoms with Crippen molar-refractivity contribution in [3.63, 3.8) is 0 Å². The van der Waals surface area contributed by atoms with Crippen LogP contribution in [0.3, 0.4) is 0 Å². The van der Waals surface area contributed by atoms with Gasteiger partial charge in [0.25, 0.3) is 0 Å². The molecule has 0 aliphatic carbocycles. The van der Waals surface area contributed by atoms with E-state index in [1.807, 2.05) is 30.5 Å². The highest BCUT2D eigenvalue weighted by Gasteiger charge is 2.07. The molecule has 18 heavy (non-hydrogen) atoms. The minimum atomic E-state index is -0.841. The fraction of sp³-hybridized carbons (Fsp3) is 0.286. The molecule has 2 rings (SSSR count). The Morgan fingerprint density at radius 1 is 1.33 bits per heavy atom. The number of nitrogens with zero attached hydrogens (tertiary/aromatic N) is 1. The number of fused-ring (bicyclic) bond motifs is 1. The number of aryl methyl sites for hydroxylation is 3. The van der Waals surface area contributed by atoms with Gasteiger partial charge in [-0.25, -0.2) is 0 Å². The number of hydrogen-bond donors (Lipinski definition) is 1. The van der Waals surface area contributed by atoms with Gasteiger partial charge in [0.2, 0.25) is 0 Å². The number of aromatic nitrogens is 1. The number of benzene rings is 1. The van der Waals surface area contributed by atoms with Crippen molar-refractivity contribution in [3.8, 4) is 0 Å². The van der Waals surface area contributed by atoms with Gasteiger partial charge in [0.15, 0.2) is 5.43 Å². The second-order valence-electron chi connectivity index (χ2n) is 4.49. The molecule has 1 aromatic heterocycles. The Hall–Kier alpha value is -2.10. The van der Waals surface area contributed by atoms with E-state index in [9.17, 15) is 9.59 Å². The molecule has 0 unspecified atom stereocenters. The van der Waals surface area contributed by atoms with Crippen LogP contribution in [0.25, 0.3) is 10.9 Å². The minimum Gasteiger partial charge on any atom is -0.481 e. The summed E-state index contributed by atoms with van der Waals surface area (Å²) in [6.07, 6.45) is 1.71. The minimum absolute atomic E-state index is 0.0194. The molecule has 4 heteroatoms. The van der Waals surface area contributed by atoms with Crippen LogP contribution >= 0.6 is 0 Å². The molecule has 0 bridgehead atoms. The normalized spacial score (nSPS) is 10.8. The number of aliphatic carboxylic acids is 1. The first-order chi connectivity index (χ1) is 8.49. The SMILES string of the molecule is Cc1cc(C)c2c(=O)ccn(CCC(=O)O)c2c1. The zero-order valence-corrected chi connectivity index (χ0v) is 10.4. The summed E-state index contributed by atoms with van der Waals surface area (Å²) in [7, 11) is 0. The van der Waals surface area contributed by atoms with Gasteiger partial charge in [0.05, 0.1) is 11.9 Å². The fourth-order valence-electron chi connectivity index (χ4n) is 2.22. The van der Waals surface area contributed by atoms with Gasteiger partial charge in [0.1, 0.15) is 0 Å². The van der Waals surface area contributed by atoms with Crippen LogP contribution in [0, 0.1) is 13.8 Å². The zero-order chi connectivity index (χ0) is 13.3. The number of hydrogen-bond acceptors (Lipinski definition) is 2. The molecular weight excluding hydrogens is 230 g/mol. The molecule has 0 aliphatic rings. The maximum Gasteiger partial charge on any atom is 0.305 e. The Kier molecular flexibility index (Phi) is 3.19. The van der Waals surface area contributed by atoms with Crippen LogP contribution in [0.4, 0.5) is 0 Å². The molecule has 2 aromatic rings. The number of rotatable bonds is 3. The van der Waals surface area contributed by atoms with E-state index >= 15 is 0 Å².